The van der Waals surface area contributed by atoms with Crippen LogP contribution in [0.3, 0.4) is 0 Å². The summed E-state index contributed by atoms with van der Waals surface area (Å²) in [4.78, 5) is 13.8. The molecule has 0 saturated carbocycles. The minimum absolute atomic E-state index is 0.0380. The second kappa shape index (κ2) is 5.22. The molecule has 0 aliphatic heterocycles. The lowest BCUT2D eigenvalue weighted by Crippen LogP contribution is -2.13. The fourth-order valence-corrected chi connectivity index (χ4v) is 4.73. The molecule has 0 fully saturated rings. The molecule has 2 N–H and O–H groups in total. The van der Waals surface area contributed by atoms with Gasteiger partial charge >= 0.3 is 5.76 Å². The first-order valence-electron chi connectivity index (χ1n) is 8.20. The zero-order valence-corrected chi connectivity index (χ0v) is 14.4. The average molecular weight is 366 g/mol. The number of hydrogen-bond acceptors (Lipinski definition) is 4. The molecule has 0 saturated heterocycles. The lowest BCUT2D eigenvalue weighted by Gasteiger charge is -2.12. The van der Waals surface area contributed by atoms with Crippen LogP contribution in [0.4, 0.5) is 5.69 Å². The second-order valence-electron chi connectivity index (χ2n) is 6.39. The molecule has 6 nitrogen and oxygen atoms in total. The summed E-state index contributed by atoms with van der Waals surface area (Å²) in [6.07, 6.45) is 1.96. The maximum Gasteiger partial charge on any atom is 0.417 e. The Bertz CT molecular complexity index is 1340. The van der Waals surface area contributed by atoms with E-state index in [4.69, 9.17) is 4.42 Å². The quantitative estimate of drug-likeness (QED) is 0.582. The third-order valence-corrected chi connectivity index (χ3v) is 6.19. The number of rotatable bonds is 3. The summed E-state index contributed by atoms with van der Waals surface area (Å²) < 4.78 is 33.3. The zero-order valence-electron chi connectivity index (χ0n) is 13.6. The molecule has 1 aromatic heterocycles. The van der Waals surface area contributed by atoms with E-state index in [1.165, 1.54) is 29.3 Å². The highest BCUT2D eigenvalue weighted by Crippen LogP contribution is 2.35. The van der Waals surface area contributed by atoms with Crippen molar-refractivity contribution in [2.45, 2.75) is 17.7 Å². The summed E-state index contributed by atoms with van der Waals surface area (Å²) in [6, 6.07) is 14.0. The highest BCUT2D eigenvalue weighted by Gasteiger charge is 2.20. The number of benzene rings is 3. The highest BCUT2D eigenvalue weighted by molar-refractivity contribution is 7.92. The zero-order chi connectivity index (χ0) is 17.9. The molecule has 0 amide bonds. The van der Waals surface area contributed by atoms with E-state index >= 15 is 0 Å². The Balaban J connectivity index is 1.62. The standard InChI is InChI=1S/C19H14N2O4S/c22-19-20-16-9-7-13(10-17(16)25-19)26(23,24)21-15-8-6-12-5-4-11-2-1-3-14(15)18(11)12/h1-3,6-10,21H,4-5H2,(H,20,22). The van der Waals surface area contributed by atoms with Gasteiger partial charge in [-0.25, -0.2) is 13.2 Å². The fourth-order valence-electron chi connectivity index (χ4n) is 3.63. The van der Waals surface area contributed by atoms with E-state index in [2.05, 4.69) is 15.8 Å². The summed E-state index contributed by atoms with van der Waals surface area (Å²) in [5.41, 5.74) is 3.70. The number of aromatic nitrogens is 1. The lowest BCUT2D eigenvalue weighted by molar-refractivity contribution is 0.554. The summed E-state index contributed by atoms with van der Waals surface area (Å²) >= 11 is 0. The molecule has 0 radical (unpaired) electrons. The van der Waals surface area contributed by atoms with Gasteiger partial charge in [0.2, 0.25) is 0 Å². The van der Waals surface area contributed by atoms with Crippen LogP contribution in [0.1, 0.15) is 11.1 Å². The average Bonchev–Trinajstić information content (AvgIpc) is 3.20. The number of aryl methyl sites for hydroxylation is 2. The maximum absolute atomic E-state index is 12.8. The molecule has 130 valence electrons. The molecule has 0 atom stereocenters. The van der Waals surface area contributed by atoms with Crippen molar-refractivity contribution in [1.29, 1.82) is 0 Å². The topological polar surface area (TPSA) is 92.2 Å². The largest absolute Gasteiger partial charge is 0.417 e. The van der Waals surface area contributed by atoms with Gasteiger partial charge in [-0.05, 0) is 47.6 Å². The summed E-state index contributed by atoms with van der Waals surface area (Å²) in [6.45, 7) is 0. The van der Waals surface area contributed by atoms with Gasteiger partial charge in [-0.3, -0.25) is 9.71 Å². The van der Waals surface area contributed by atoms with E-state index in [0.717, 1.165) is 23.6 Å². The maximum atomic E-state index is 12.8. The van der Waals surface area contributed by atoms with Crippen molar-refractivity contribution in [3.05, 3.63) is 70.2 Å². The van der Waals surface area contributed by atoms with Gasteiger partial charge in [0.15, 0.2) is 5.58 Å². The van der Waals surface area contributed by atoms with E-state index in [1.54, 1.807) is 6.07 Å². The van der Waals surface area contributed by atoms with Gasteiger partial charge in [0.1, 0.15) is 0 Å². The number of oxazole rings is 1. The Morgan fingerprint density at radius 2 is 1.81 bits per heavy atom. The molecule has 0 spiro atoms. The third-order valence-electron chi connectivity index (χ3n) is 4.82. The van der Waals surface area contributed by atoms with Crippen LogP contribution in [-0.2, 0) is 22.9 Å². The molecule has 1 aliphatic rings. The van der Waals surface area contributed by atoms with Gasteiger partial charge in [0, 0.05) is 11.5 Å². The molecule has 7 heteroatoms. The van der Waals surface area contributed by atoms with Crippen molar-refractivity contribution in [3.63, 3.8) is 0 Å². The minimum atomic E-state index is -3.82. The normalized spacial score (nSPS) is 13.5. The van der Waals surface area contributed by atoms with E-state index in [1.807, 2.05) is 18.2 Å². The number of H-pyrrole nitrogens is 1. The van der Waals surface area contributed by atoms with E-state index in [-0.39, 0.29) is 10.5 Å². The minimum Gasteiger partial charge on any atom is -0.408 e. The fraction of sp³-hybridized carbons (Fsp3) is 0.105. The van der Waals surface area contributed by atoms with Gasteiger partial charge in [0.05, 0.1) is 16.1 Å². The molecule has 1 aliphatic carbocycles. The molecule has 1 heterocycles. The number of nitrogens with one attached hydrogen (secondary N) is 2. The van der Waals surface area contributed by atoms with Crippen LogP contribution in [0.15, 0.2) is 62.6 Å². The number of fused-ring (bicyclic) bond motifs is 1. The molecule has 26 heavy (non-hydrogen) atoms. The number of hydrogen-bond donors (Lipinski definition) is 2. The number of anilines is 1. The van der Waals surface area contributed by atoms with E-state index in [0.29, 0.717) is 11.2 Å². The van der Waals surface area contributed by atoms with Gasteiger partial charge in [-0.2, -0.15) is 0 Å². The molecule has 0 unspecified atom stereocenters. The van der Waals surface area contributed by atoms with Crippen LogP contribution in [0.5, 0.6) is 0 Å². The summed E-state index contributed by atoms with van der Waals surface area (Å²) in [5, 5.41) is 2.04. The van der Waals surface area contributed by atoms with Crippen LogP contribution in [0.25, 0.3) is 21.9 Å². The summed E-state index contributed by atoms with van der Waals surface area (Å²) in [5.74, 6) is -0.616. The predicted molar refractivity (Wildman–Crippen MR) is 99.0 cm³/mol. The van der Waals surface area contributed by atoms with Gasteiger partial charge in [0.25, 0.3) is 10.0 Å². The molecule has 0 bridgehead atoms. The van der Waals surface area contributed by atoms with Crippen molar-refractivity contribution >= 4 is 37.6 Å². The van der Waals surface area contributed by atoms with Crippen molar-refractivity contribution < 1.29 is 12.8 Å². The number of sulfonamides is 1. The van der Waals surface area contributed by atoms with Crippen LogP contribution in [0, 0.1) is 0 Å². The van der Waals surface area contributed by atoms with Gasteiger partial charge in [-0.1, -0.05) is 24.3 Å². The van der Waals surface area contributed by atoms with Gasteiger partial charge < -0.3 is 4.42 Å². The van der Waals surface area contributed by atoms with Crippen molar-refractivity contribution in [1.82, 2.24) is 4.98 Å². The van der Waals surface area contributed by atoms with Crippen molar-refractivity contribution in [2.75, 3.05) is 4.72 Å². The Hall–Kier alpha value is -3.06. The Morgan fingerprint density at radius 1 is 1.00 bits per heavy atom. The second-order valence-corrected chi connectivity index (χ2v) is 8.07. The molecular formula is C19H14N2O4S. The molecule has 4 aromatic rings. The first kappa shape index (κ1) is 15.2. The Labute approximate surface area is 148 Å². The monoisotopic (exact) mass is 366 g/mol. The van der Waals surface area contributed by atoms with E-state index < -0.39 is 15.8 Å². The molecule has 3 aromatic carbocycles. The van der Waals surface area contributed by atoms with Crippen LogP contribution >= 0.6 is 0 Å². The predicted octanol–water partition coefficient (Wildman–Crippen LogP) is 3.17. The third kappa shape index (κ3) is 2.24. The van der Waals surface area contributed by atoms with Gasteiger partial charge in [-0.15, -0.1) is 0 Å². The molecule has 5 rings (SSSR count). The highest BCUT2D eigenvalue weighted by atomic mass is 32.2. The van der Waals surface area contributed by atoms with E-state index in [9.17, 15) is 13.2 Å². The van der Waals surface area contributed by atoms with Crippen LogP contribution in [0.2, 0.25) is 0 Å². The van der Waals surface area contributed by atoms with Crippen molar-refractivity contribution in [3.8, 4) is 0 Å². The van der Waals surface area contributed by atoms with Crippen molar-refractivity contribution in [2.24, 2.45) is 0 Å². The smallest absolute Gasteiger partial charge is 0.408 e. The van der Waals surface area contributed by atoms with Crippen LogP contribution in [-0.4, -0.2) is 13.4 Å². The van der Waals surface area contributed by atoms with Crippen LogP contribution < -0.4 is 10.5 Å². The lowest BCUT2D eigenvalue weighted by atomic mass is 10.0. The Morgan fingerprint density at radius 3 is 2.65 bits per heavy atom. The first-order chi connectivity index (χ1) is 12.5. The first-order valence-corrected chi connectivity index (χ1v) is 9.69. The number of aromatic amines is 1. The summed E-state index contributed by atoms with van der Waals surface area (Å²) in [7, 11) is -3.82. The molecular weight excluding hydrogens is 352 g/mol. The Kier molecular flexibility index (Phi) is 3.05. The SMILES string of the molecule is O=c1[nH]c2ccc(S(=O)(=O)Nc3ccc4c5c(cccc35)CC4)cc2o1.